The quantitative estimate of drug-likeness (QED) is 0.669. The van der Waals surface area contributed by atoms with Gasteiger partial charge in [-0.3, -0.25) is 4.40 Å². The monoisotopic (exact) mass is 224 g/mol. The number of benzene rings is 1. The highest BCUT2D eigenvalue weighted by molar-refractivity contribution is 5.69. The van der Waals surface area contributed by atoms with Gasteiger partial charge in [-0.25, -0.2) is 4.98 Å². The molecule has 1 aromatic carbocycles. The topological polar surface area (TPSA) is 26.5 Å². The predicted molar refractivity (Wildman–Crippen MR) is 67.2 cm³/mol. The second-order valence-electron chi connectivity index (χ2n) is 3.81. The van der Waals surface area contributed by atoms with Crippen molar-refractivity contribution in [3.8, 4) is 17.0 Å². The molecule has 0 saturated heterocycles. The maximum atomic E-state index is 5.37. The standard InChI is InChI=1S/C14H12N2O/c1-17-14-10-12(11-5-3-2-4-6-11)9-13-15-7-8-16(13)14/h2-10H,1H3. The van der Waals surface area contributed by atoms with Crippen molar-refractivity contribution < 1.29 is 4.74 Å². The highest BCUT2D eigenvalue weighted by Crippen LogP contribution is 2.25. The Morgan fingerprint density at radius 2 is 1.88 bits per heavy atom. The van der Waals surface area contributed by atoms with Crippen molar-refractivity contribution in [1.82, 2.24) is 9.38 Å². The number of hydrogen-bond donors (Lipinski definition) is 0. The fourth-order valence-electron chi connectivity index (χ4n) is 1.95. The van der Waals surface area contributed by atoms with Gasteiger partial charge in [0.05, 0.1) is 7.11 Å². The number of nitrogens with zero attached hydrogens (tertiary/aromatic N) is 2. The molecule has 0 unspecified atom stereocenters. The predicted octanol–water partition coefficient (Wildman–Crippen LogP) is 3.01. The minimum Gasteiger partial charge on any atom is -0.482 e. The van der Waals surface area contributed by atoms with Crippen molar-refractivity contribution >= 4 is 5.65 Å². The number of pyridine rings is 1. The molecule has 0 atom stereocenters. The number of methoxy groups -OCH3 is 1. The minimum absolute atomic E-state index is 0.791. The summed E-state index contributed by atoms with van der Waals surface area (Å²) >= 11 is 0. The molecule has 0 spiro atoms. The molecule has 2 aromatic heterocycles. The Labute approximate surface area is 99.3 Å². The highest BCUT2D eigenvalue weighted by Gasteiger charge is 2.05. The fourth-order valence-corrected chi connectivity index (χ4v) is 1.95. The summed E-state index contributed by atoms with van der Waals surface area (Å²) in [6, 6.07) is 14.3. The van der Waals surface area contributed by atoms with Gasteiger partial charge in [-0.2, -0.15) is 0 Å². The highest BCUT2D eigenvalue weighted by atomic mass is 16.5. The molecule has 2 heterocycles. The van der Waals surface area contributed by atoms with E-state index in [1.807, 2.05) is 34.9 Å². The first kappa shape index (κ1) is 9.90. The van der Waals surface area contributed by atoms with Gasteiger partial charge in [0, 0.05) is 18.5 Å². The first-order valence-corrected chi connectivity index (χ1v) is 5.45. The average Bonchev–Trinajstić information content (AvgIpc) is 2.86. The third-order valence-electron chi connectivity index (χ3n) is 2.79. The first-order valence-electron chi connectivity index (χ1n) is 5.45. The Kier molecular flexibility index (Phi) is 2.29. The smallest absolute Gasteiger partial charge is 0.199 e. The van der Waals surface area contributed by atoms with E-state index in [1.54, 1.807) is 13.3 Å². The first-order chi connectivity index (χ1) is 8.38. The van der Waals surface area contributed by atoms with Crippen LogP contribution in [-0.2, 0) is 0 Å². The molecule has 3 aromatic rings. The van der Waals surface area contributed by atoms with Crippen molar-refractivity contribution in [2.45, 2.75) is 0 Å². The lowest BCUT2D eigenvalue weighted by atomic mass is 10.1. The molecule has 84 valence electrons. The van der Waals surface area contributed by atoms with Crippen LogP contribution < -0.4 is 4.74 Å². The van der Waals surface area contributed by atoms with Gasteiger partial charge in [0.25, 0.3) is 0 Å². The van der Waals surface area contributed by atoms with Gasteiger partial charge in [-0.05, 0) is 17.2 Å². The van der Waals surface area contributed by atoms with Crippen LogP contribution in [0.4, 0.5) is 0 Å². The van der Waals surface area contributed by atoms with Gasteiger partial charge in [0.2, 0.25) is 0 Å². The number of rotatable bonds is 2. The molecule has 17 heavy (non-hydrogen) atoms. The molecular formula is C14H12N2O. The summed E-state index contributed by atoms with van der Waals surface area (Å²) in [5.74, 6) is 0.791. The lowest BCUT2D eigenvalue weighted by Crippen LogP contribution is -1.94. The number of ether oxygens (including phenoxy) is 1. The van der Waals surface area contributed by atoms with Crippen LogP contribution >= 0.6 is 0 Å². The van der Waals surface area contributed by atoms with Crippen molar-refractivity contribution in [2.75, 3.05) is 7.11 Å². The summed E-state index contributed by atoms with van der Waals surface area (Å²) in [4.78, 5) is 4.30. The summed E-state index contributed by atoms with van der Waals surface area (Å²) in [5.41, 5.74) is 3.17. The lowest BCUT2D eigenvalue weighted by Gasteiger charge is -2.07. The second kappa shape index (κ2) is 3.94. The molecule has 0 fully saturated rings. The lowest BCUT2D eigenvalue weighted by molar-refractivity contribution is 0.392. The molecule has 3 rings (SSSR count). The van der Waals surface area contributed by atoms with E-state index in [2.05, 4.69) is 23.2 Å². The molecule has 0 amide bonds. The Balaban J connectivity index is 2.24. The molecule has 0 bridgehead atoms. The van der Waals surface area contributed by atoms with Crippen LogP contribution in [0, 0.1) is 0 Å². The maximum Gasteiger partial charge on any atom is 0.199 e. The SMILES string of the molecule is COc1cc(-c2ccccc2)cc2nccn12. The van der Waals surface area contributed by atoms with E-state index in [0.29, 0.717) is 0 Å². The molecule has 0 radical (unpaired) electrons. The molecule has 0 aliphatic heterocycles. The number of hydrogen-bond acceptors (Lipinski definition) is 2. The van der Waals surface area contributed by atoms with Crippen LogP contribution in [0.2, 0.25) is 0 Å². The van der Waals surface area contributed by atoms with Crippen molar-refractivity contribution in [2.24, 2.45) is 0 Å². The van der Waals surface area contributed by atoms with Crippen LogP contribution in [0.3, 0.4) is 0 Å². The Bertz CT molecular complexity index is 644. The van der Waals surface area contributed by atoms with E-state index >= 15 is 0 Å². The fraction of sp³-hybridized carbons (Fsp3) is 0.0714. The van der Waals surface area contributed by atoms with Crippen LogP contribution in [0.25, 0.3) is 16.8 Å². The Morgan fingerprint density at radius 3 is 2.65 bits per heavy atom. The van der Waals surface area contributed by atoms with Gasteiger partial charge in [-0.15, -0.1) is 0 Å². The van der Waals surface area contributed by atoms with Gasteiger partial charge in [0.15, 0.2) is 5.88 Å². The van der Waals surface area contributed by atoms with E-state index in [0.717, 1.165) is 22.7 Å². The largest absolute Gasteiger partial charge is 0.482 e. The van der Waals surface area contributed by atoms with Gasteiger partial charge in [0.1, 0.15) is 5.65 Å². The van der Waals surface area contributed by atoms with Crippen LogP contribution in [0.5, 0.6) is 5.88 Å². The summed E-state index contributed by atoms with van der Waals surface area (Å²) in [7, 11) is 1.67. The van der Waals surface area contributed by atoms with E-state index in [1.165, 1.54) is 0 Å². The molecule has 3 heteroatoms. The van der Waals surface area contributed by atoms with Crippen LogP contribution in [0.15, 0.2) is 54.9 Å². The van der Waals surface area contributed by atoms with Gasteiger partial charge >= 0.3 is 0 Å². The summed E-state index contributed by atoms with van der Waals surface area (Å²) < 4.78 is 7.29. The molecule has 0 aliphatic rings. The van der Waals surface area contributed by atoms with Crippen LogP contribution in [-0.4, -0.2) is 16.5 Å². The van der Waals surface area contributed by atoms with Crippen molar-refractivity contribution in [3.63, 3.8) is 0 Å². The normalized spacial score (nSPS) is 10.6. The zero-order valence-electron chi connectivity index (χ0n) is 9.50. The second-order valence-corrected chi connectivity index (χ2v) is 3.81. The van der Waals surface area contributed by atoms with E-state index in [-0.39, 0.29) is 0 Å². The third kappa shape index (κ3) is 1.65. The molecule has 0 N–H and O–H groups in total. The van der Waals surface area contributed by atoms with Crippen LogP contribution in [0.1, 0.15) is 0 Å². The average molecular weight is 224 g/mol. The molecule has 0 aliphatic carbocycles. The Hall–Kier alpha value is -2.29. The molecular weight excluding hydrogens is 212 g/mol. The van der Waals surface area contributed by atoms with E-state index in [4.69, 9.17) is 4.74 Å². The summed E-state index contributed by atoms with van der Waals surface area (Å²) in [5, 5.41) is 0. The zero-order chi connectivity index (χ0) is 11.7. The maximum absolute atomic E-state index is 5.37. The minimum atomic E-state index is 0.791. The van der Waals surface area contributed by atoms with Gasteiger partial charge in [-0.1, -0.05) is 30.3 Å². The van der Waals surface area contributed by atoms with Crippen molar-refractivity contribution in [1.29, 1.82) is 0 Å². The number of aromatic nitrogens is 2. The Morgan fingerprint density at radius 1 is 1.06 bits per heavy atom. The molecule has 3 nitrogen and oxygen atoms in total. The van der Waals surface area contributed by atoms with Gasteiger partial charge < -0.3 is 4.74 Å². The van der Waals surface area contributed by atoms with Crippen molar-refractivity contribution in [3.05, 3.63) is 54.9 Å². The third-order valence-corrected chi connectivity index (χ3v) is 2.79. The van der Waals surface area contributed by atoms with E-state index in [9.17, 15) is 0 Å². The molecule has 0 saturated carbocycles. The summed E-state index contributed by atoms with van der Waals surface area (Å²) in [6.07, 6.45) is 3.66. The summed E-state index contributed by atoms with van der Waals surface area (Å²) in [6.45, 7) is 0. The number of imidazole rings is 1. The number of fused-ring (bicyclic) bond motifs is 1. The van der Waals surface area contributed by atoms with E-state index < -0.39 is 0 Å². The zero-order valence-corrected chi connectivity index (χ0v) is 9.50.